The van der Waals surface area contributed by atoms with E-state index < -0.39 is 0 Å². The molecule has 0 aliphatic heterocycles. The molecular formula is C18H30N2O. The van der Waals surface area contributed by atoms with Crippen LogP contribution in [0, 0.1) is 0 Å². The first-order valence-electron chi connectivity index (χ1n) is 8.28. The second-order valence-electron chi connectivity index (χ2n) is 6.39. The Morgan fingerprint density at radius 1 is 1.19 bits per heavy atom. The first-order chi connectivity index (χ1) is 10.1. The lowest BCUT2D eigenvalue weighted by atomic mass is 9.97. The zero-order valence-corrected chi connectivity index (χ0v) is 13.8. The molecule has 0 heterocycles. The molecule has 2 rings (SSSR count). The summed E-state index contributed by atoms with van der Waals surface area (Å²) in [5.74, 6) is 0. The van der Waals surface area contributed by atoms with E-state index in [-0.39, 0.29) is 12.1 Å². The van der Waals surface area contributed by atoms with Gasteiger partial charge in [-0.15, -0.1) is 0 Å². The summed E-state index contributed by atoms with van der Waals surface area (Å²) in [5.41, 5.74) is 2.47. The van der Waals surface area contributed by atoms with E-state index in [0.29, 0.717) is 0 Å². The molecule has 0 saturated carbocycles. The van der Waals surface area contributed by atoms with Gasteiger partial charge in [-0.3, -0.25) is 4.90 Å². The highest BCUT2D eigenvalue weighted by molar-refractivity contribution is 5.31. The molecule has 1 N–H and O–H groups in total. The van der Waals surface area contributed by atoms with Crippen LogP contribution in [0.5, 0.6) is 0 Å². The number of likely N-dealkylation sites (N-methyl/N-ethyl adjacent to an activating group) is 1. The molecule has 1 aliphatic rings. The van der Waals surface area contributed by atoms with Crippen molar-refractivity contribution in [2.75, 3.05) is 33.7 Å². The number of hydrogen-bond acceptors (Lipinski definition) is 3. The number of aliphatic hydroxyl groups excluding tert-OH is 1. The molecule has 0 aromatic heterocycles. The van der Waals surface area contributed by atoms with Crippen LogP contribution in [0.25, 0.3) is 0 Å². The molecule has 0 spiro atoms. The Kier molecular flexibility index (Phi) is 6.22. The van der Waals surface area contributed by atoms with Crippen LogP contribution in [-0.2, 0) is 6.42 Å². The number of hydrogen-bond donors (Lipinski definition) is 1. The third kappa shape index (κ3) is 4.29. The average molecular weight is 290 g/mol. The minimum Gasteiger partial charge on any atom is -0.387 e. The fraction of sp³-hybridized carbons (Fsp3) is 0.667. The van der Waals surface area contributed by atoms with Crippen LogP contribution in [0.4, 0.5) is 0 Å². The summed E-state index contributed by atoms with van der Waals surface area (Å²) in [5, 5.41) is 10.9. The van der Waals surface area contributed by atoms with Crippen LogP contribution in [0.3, 0.4) is 0 Å². The van der Waals surface area contributed by atoms with Crippen LogP contribution in [0.1, 0.15) is 43.4 Å². The van der Waals surface area contributed by atoms with Crippen LogP contribution < -0.4 is 0 Å². The minimum atomic E-state index is -0.344. The predicted molar refractivity (Wildman–Crippen MR) is 88.5 cm³/mol. The Morgan fingerprint density at radius 3 is 2.67 bits per heavy atom. The maximum atomic E-state index is 10.9. The Bertz CT molecular complexity index is 433. The monoisotopic (exact) mass is 290 g/mol. The quantitative estimate of drug-likeness (QED) is 0.816. The molecule has 21 heavy (non-hydrogen) atoms. The third-order valence-electron chi connectivity index (χ3n) is 4.61. The fourth-order valence-corrected chi connectivity index (χ4v) is 3.45. The standard InChI is InChI=1S/C18H30N2O/c1-4-20(14-8-13-19(2)3)17-12-7-10-15-9-5-6-11-16(15)18(17)21/h5-6,9,11,17-18,21H,4,7-8,10,12-14H2,1-3H3. The van der Waals surface area contributed by atoms with Gasteiger partial charge in [0.15, 0.2) is 0 Å². The second kappa shape index (κ2) is 7.92. The molecule has 0 radical (unpaired) electrons. The predicted octanol–water partition coefficient (Wildman–Crippen LogP) is 2.70. The zero-order chi connectivity index (χ0) is 15.2. The molecule has 118 valence electrons. The molecule has 0 amide bonds. The van der Waals surface area contributed by atoms with E-state index in [2.05, 4.69) is 49.0 Å². The number of fused-ring (bicyclic) bond motifs is 1. The maximum absolute atomic E-state index is 10.9. The summed E-state index contributed by atoms with van der Waals surface area (Å²) in [7, 11) is 4.24. The SMILES string of the molecule is CCN(CCCN(C)C)C1CCCc2ccccc2C1O. The van der Waals surface area contributed by atoms with Crippen molar-refractivity contribution in [3.8, 4) is 0 Å². The number of aliphatic hydroxyl groups is 1. The Hall–Kier alpha value is -0.900. The van der Waals surface area contributed by atoms with Crippen LogP contribution in [0.2, 0.25) is 0 Å². The van der Waals surface area contributed by atoms with Crippen molar-refractivity contribution in [1.29, 1.82) is 0 Å². The van der Waals surface area contributed by atoms with E-state index >= 15 is 0 Å². The normalized spacial score (nSPS) is 22.4. The molecule has 0 bridgehead atoms. The minimum absolute atomic E-state index is 0.265. The number of nitrogens with zero attached hydrogens (tertiary/aromatic N) is 2. The topological polar surface area (TPSA) is 26.7 Å². The van der Waals surface area contributed by atoms with Crippen LogP contribution in [0.15, 0.2) is 24.3 Å². The average Bonchev–Trinajstić information content (AvgIpc) is 2.64. The van der Waals surface area contributed by atoms with Gasteiger partial charge in [-0.1, -0.05) is 31.2 Å². The highest BCUT2D eigenvalue weighted by atomic mass is 16.3. The molecule has 3 heteroatoms. The summed E-state index contributed by atoms with van der Waals surface area (Å²) in [4.78, 5) is 4.70. The van der Waals surface area contributed by atoms with Gasteiger partial charge in [0.2, 0.25) is 0 Å². The van der Waals surface area contributed by atoms with E-state index in [0.717, 1.165) is 44.5 Å². The zero-order valence-electron chi connectivity index (χ0n) is 13.8. The molecule has 2 unspecified atom stereocenters. The Labute approximate surface area is 129 Å². The van der Waals surface area contributed by atoms with Crippen molar-refractivity contribution in [3.05, 3.63) is 35.4 Å². The lowest BCUT2D eigenvalue weighted by Crippen LogP contribution is -2.40. The van der Waals surface area contributed by atoms with Gasteiger partial charge in [-0.2, -0.15) is 0 Å². The maximum Gasteiger partial charge on any atom is 0.0947 e. The highest BCUT2D eigenvalue weighted by Gasteiger charge is 2.29. The van der Waals surface area contributed by atoms with Crippen molar-refractivity contribution in [2.24, 2.45) is 0 Å². The Morgan fingerprint density at radius 2 is 1.95 bits per heavy atom. The van der Waals surface area contributed by atoms with E-state index in [4.69, 9.17) is 0 Å². The van der Waals surface area contributed by atoms with Crippen LogP contribution >= 0.6 is 0 Å². The van der Waals surface area contributed by atoms with E-state index in [9.17, 15) is 5.11 Å². The van der Waals surface area contributed by atoms with Crippen molar-refractivity contribution < 1.29 is 5.11 Å². The fourth-order valence-electron chi connectivity index (χ4n) is 3.45. The molecule has 3 nitrogen and oxygen atoms in total. The van der Waals surface area contributed by atoms with Gasteiger partial charge in [-0.25, -0.2) is 0 Å². The van der Waals surface area contributed by atoms with Gasteiger partial charge in [0.25, 0.3) is 0 Å². The van der Waals surface area contributed by atoms with E-state index in [1.165, 1.54) is 12.0 Å². The van der Waals surface area contributed by atoms with Crippen molar-refractivity contribution in [1.82, 2.24) is 9.80 Å². The summed E-state index contributed by atoms with van der Waals surface area (Å²) in [6.45, 7) is 5.39. The number of aryl methyl sites for hydroxylation is 1. The van der Waals surface area contributed by atoms with Gasteiger partial charge in [0, 0.05) is 6.04 Å². The van der Waals surface area contributed by atoms with Gasteiger partial charge >= 0.3 is 0 Å². The Balaban J connectivity index is 2.07. The lowest BCUT2D eigenvalue weighted by Gasteiger charge is -2.34. The molecule has 1 aromatic carbocycles. The van der Waals surface area contributed by atoms with Gasteiger partial charge in [-0.05, 0) is 70.5 Å². The van der Waals surface area contributed by atoms with Crippen LogP contribution in [-0.4, -0.2) is 54.7 Å². The van der Waals surface area contributed by atoms with Crippen molar-refractivity contribution in [2.45, 2.75) is 44.8 Å². The molecule has 0 fully saturated rings. The first kappa shape index (κ1) is 16.5. The summed E-state index contributed by atoms with van der Waals surface area (Å²) in [6, 6.07) is 8.67. The summed E-state index contributed by atoms with van der Waals surface area (Å²) < 4.78 is 0. The molecule has 2 atom stereocenters. The summed E-state index contributed by atoms with van der Waals surface area (Å²) >= 11 is 0. The molecule has 1 aromatic rings. The highest BCUT2D eigenvalue weighted by Crippen LogP contribution is 2.31. The van der Waals surface area contributed by atoms with Gasteiger partial charge < -0.3 is 10.0 Å². The van der Waals surface area contributed by atoms with Gasteiger partial charge in [0.1, 0.15) is 0 Å². The van der Waals surface area contributed by atoms with E-state index in [1.54, 1.807) is 0 Å². The van der Waals surface area contributed by atoms with Crippen molar-refractivity contribution >= 4 is 0 Å². The van der Waals surface area contributed by atoms with Crippen molar-refractivity contribution in [3.63, 3.8) is 0 Å². The molecule has 1 aliphatic carbocycles. The number of rotatable bonds is 6. The molecule has 0 saturated heterocycles. The molecular weight excluding hydrogens is 260 g/mol. The van der Waals surface area contributed by atoms with Gasteiger partial charge in [0.05, 0.1) is 6.10 Å². The third-order valence-corrected chi connectivity index (χ3v) is 4.61. The van der Waals surface area contributed by atoms with E-state index in [1.807, 2.05) is 6.07 Å². The number of benzene rings is 1. The second-order valence-corrected chi connectivity index (χ2v) is 6.39. The first-order valence-corrected chi connectivity index (χ1v) is 8.28. The summed E-state index contributed by atoms with van der Waals surface area (Å²) in [6.07, 6.45) is 4.17. The largest absolute Gasteiger partial charge is 0.387 e. The lowest BCUT2D eigenvalue weighted by molar-refractivity contribution is 0.0458. The smallest absolute Gasteiger partial charge is 0.0947 e.